The summed E-state index contributed by atoms with van der Waals surface area (Å²) in [5, 5.41) is 0.490. The summed E-state index contributed by atoms with van der Waals surface area (Å²) in [4.78, 5) is 4.40. The second-order valence-electron chi connectivity index (χ2n) is 5.88. The molecule has 1 aromatic heterocycles. The highest BCUT2D eigenvalue weighted by Crippen LogP contribution is 2.51. The number of rotatable bonds is 7. The van der Waals surface area contributed by atoms with E-state index in [1.54, 1.807) is 25.4 Å². The van der Waals surface area contributed by atoms with Crippen molar-refractivity contribution in [3.8, 4) is 17.0 Å². The van der Waals surface area contributed by atoms with Crippen molar-refractivity contribution in [3.63, 3.8) is 0 Å². The normalized spacial score (nSPS) is 12.0. The summed E-state index contributed by atoms with van der Waals surface area (Å²) in [5.41, 5.74) is 1.29. The number of methoxy groups -OCH3 is 1. The molecular weight excluding hydrogens is 325 g/mol. The van der Waals surface area contributed by atoms with Crippen molar-refractivity contribution < 1.29 is 18.3 Å². The molecule has 24 heavy (non-hydrogen) atoms. The van der Waals surface area contributed by atoms with Crippen LogP contribution in [0.5, 0.6) is 5.75 Å². The van der Waals surface area contributed by atoms with Gasteiger partial charge < -0.3 is 13.8 Å². The summed E-state index contributed by atoms with van der Waals surface area (Å²) >= 11 is 0. The quantitative estimate of drug-likeness (QED) is 0.692. The van der Waals surface area contributed by atoms with Crippen LogP contribution in [-0.2, 0) is 13.6 Å². The van der Waals surface area contributed by atoms with Crippen molar-refractivity contribution in [2.75, 3.05) is 7.11 Å². The van der Waals surface area contributed by atoms with Gasteiger partial charge >= 0.3 is 7.60 Å². The maximum Gasteiger partial charge on any atom is 0.362 e. The van der Waals surface area contributed by atoms with Crippen molar-refractivity contribution in [1.29, 1.82) is 0 Å². The van der Waals surface area contributed by atoms with Gasteiger partial charge in [0.2, 0.25) is 0 Å². The van der Waals surface area contributed by atoms with Crippen LogP contribution < -0.4 is 10.0 Å². The van der Waals surface area contributed by atoms with Gasteiger partial charge in [0.05, 0.1) is 24.6 Å². The number of pyridine rings is 1. The Morgan fingerprint density at radius 2 is 1.58 bits per heavy atom. The average Bonchev–Trinajstić information content (AvgIpc) is 2.53. The SMILES string of the molecule is COc1cccnc1-c1ccccc1P(=O)(OC(C)C)OC(C)C. The molecule has 0 unspecified atom stereocenters. The third-order valence-corrected chi connectivity index (χ3v) is 5.52. The molecule has 0 aliphatic heterocycles. The summed E-state index contributed by atoms with van der Waals surface area (Å²) in [6, 6.07) is 10.9. The van der Waals surface area contributed by atoms with Gasteiger partial charge in [0, 0.05) is 11.8 Å². The molecule has 6 heteroatoms. The van der Waals surface area contributed by atoms with Gasteiger partial charge in [0.15, 0.2) is 0 Å². The van der Waals surface area contributed by atoms with Crippen LogP contribution in [0.2, 0.25) is 0 Å². The number of aromatic nitrogens is 1. The molecule has 0 saturated heterocycles. The number of ether oxygens (including phenoxy) is 1. The minimum atomic E-state index is -3.51. The summed E-state index contributed by atoms with van der Waals surface area (Å²) < 4.78 is 30.4. The maximum absolute atomic E-state index is 13.5. The molecule has 0 N–H and O–H groups in total. The van der Waals surface area contributed by atoms with E-state index in [-0.39, 0.29) is 12.2 Å². The monoisotopic (exact) mass is 349 g/mol. The second kappa shape index (κ2) is 7.93. The number of hydrogen-bond donors (Lipinski definition) is 0. The minimum absolute atomic E-state index is 0.242. The fourth-order valence-corrected chi connectivity index (χ4v) is 4.49. The Morgan fingerprint density at radius 1 is 0.958 bits per heavy atom. The lowest BCUT2D eigenvalue weighted by molar-refractivity contribution is 0.150. The molecule has 0 amide bonds. The van der Waals surface area contributed by atoms with E-state index in [4.69, 9.17) is 13.8 Å². The highest BCUT2D eigenvalue weighted by molar-refractivity contribution is 7.62. The zero-order valence-corrected chi connectivity index (χ0v) is 15.6. The van der Waals surface area contributed by atoms with Gasteiger partial charge in [0.25, 0.3) is 0 Å². The van der Waals surface area contributed by atoms with Gasteiger partial charge in [0.1, 0.15) is 11.4 Å². The molecule has 0 saturated carbocycles. The van der Waals surface area contributed by atoms with Crippen LogP contribution in [0.3, 0.4) is 0 Å². The Morgan fingerprint density at radius 3 is 2.17 bits per heavy atom. The van der Waals surface area contributed by atoms with Crippen molar-refractivity contribution in [1.82, 2.24) is 4.98 Å². The Balaban J connectivity index is 2.63. The van der Waals surface area contributed by atoms with Gasteiger partial charge in [-0.2, -0.15) is 0 Å². The molecule has 0 spiro atoms. The van der Waals surface area contributed by atoms with E-state index in [9.17, 15) is 4.57 Å². The number of nitrogens with zero attached hydrogens (tertiary/aromatic N) is 1. The van der Waals surface area contributed by atoms with Gasteiger partial charge in [-0.25, -0.2) is 0 Å². The highest BCUT2D eigenvalue weighted by Gasteiger charge is 2.33. The van der Waals surface area contributed by atoms with E-state index in [1.165, 1.54) is 0 Å². The van der Waals surface area contributed by atoms with E-state index in [0.717, 1.165) is 0 Å². The minimum Gasteiger partial charge on any atom is -0.494 e. The van der Waals surface area contributed by atoms with Crippen molar-refractivity contribution >= 4 is 12.9 Å². The van der Waals surface area contributed by atoms with E-state index < -0.39 is 7.60 Å². The zero-order valence-electron chi connectivity index (χ0n) is 14.7. The molecule has 0 radical (unpaired) electrons. The van der Waals surface area contributed by atoms with Crippen LogP contribution in [0, 0.1) is 0 Å². The Bertz CT molecular complexity index is 716. The molecule has 0 bridgehead atoms. The van der Waals surface area contributed by atoms with E-state index in [1.807, 2.05) is 52.0 Å². The lowest BCUT2D eigenvalue weighted by atomic mass is 10.1. The van der Waals surface area contributed by atoms with E-state index in [2.05, 4.69) is 4.98 Å². The molecule has 130 valence electrons. The molecule has 0 atom stereocenters. The van der Waals surface area contributed by atoms with Gasteiger partial charge in [-0.05, 0) is 45.9 Å². The van der Waals surface area contributed by atoms with Crippen molar-refractivity contribution in [2.24, 2.45) is 0 Å². The van der Waals surface area contributed by atoms with Crippen molar-refractivity contribution in [3.05, 3.63) is 42.6 Å². The standard InChI is InChI=1S/C18H24NO4P/c1-13(2)22-24(20,23-14(3)4)17-11-7-6-9-15(17)18-16(21-5)10-8-12-19-18/h6-14H,1-5H3. The fraction of sp³-hybridized carbons (Fsp3) is 0.389. The summed E-state index contributed by atoms with van der Waals surface area (Å²) in [5.74, 6) is 0.602. The predicted molar refractivity (Wildman–Crippen MR) is 95.9 cm³/mol. The van der Waals surface area contributed by atoms with Gasteiger partial charge in [-0.1, -0.05) is 18.2 Å². The topological polar surface area (TPSA) is 57.7 Å². The van der Waals surface area contributed by atoms with Crippen LogP contribution in [0.4, 0.5) is 0 Å². The first kappa shape index (κ1) is 18.7. The van der Waals surface area contributed by atoms with E-state index >= 15 is 0 Å². The van der Waals surface area contributed by atoms with Gasteiger partial charge in [-0.15, -0.1) is 0 Å². The fourth-order valence-electron chi connectivity index (χ4n) is 2.36. The second-order valence-corrected chi connectivity index (χ2v) is 7.78. The van der Waals surface area contributed by atoms with Crippen LogP contribution >= 0.6 is 7.60 Å². The highest BCUT2D eigenvalue weighted by atomic mass is 31.2. The summed E-state index contributed by atoms with van der Waals surface area (Å²) in [6.45, 7) is 7.33. The van der Waals surface area contributed by atoms with Crippen LogP contribution in [0.1, 0.15) is 27.7 Å². The van der Waals surface area contributed by atoms with Crippen molar-refractivity contribution in [2.45, 2.75) is 39.9 Å². The molecular formula is C18H24NO4P. The molecule has 1 heterocycles. The smallest absolute Gasteiger partial charge is 0.362 e. The molecule has 5 nitrogen and oxygen atoms in total. The van der Waals surface area contributed by atoms with Crippen LogP contribution in [0.15, 0.2) is 42.6 Å². The number of benzene rings is 1. The maximum atomic E-state index is 13.5. The molecule has 1 aromatic carbocycles. The number of hydrogen-bond acceptors (Lipinski definition) is 5. The summed E-state index contributed by atoms with van der Waals surface area (Å²) in [6.07, 6.45) is 1.19. The lowest BCUT2D eigenvalue weighted by Crippen LogP contribution is -2.19. The first-order valence-corrected chi connectivity index (χ1v) is 9.47. The zero-order chi connectivity index (χ0) is 17.7. The largest absolute Gasteiger partial charge is 0.494 e. The van der Waals surface area contributed by atoms with Crippen LogP contribution in [0.25, 0.3) is 11.3 Å². The molecule has 0 aliphatic carbocycles. The Labute approximate surface area is 143 Å². The first-order chi connectivity index (χ1) is 11.4. The summed E-state index contributed by atoms with van der Waals surface area (Å²) in [7, 11) is -1.93. The average molecular weight is 349 g/mol. The third-order valence-electron chi connectivity index (χ3n) is 3.14. The molecule has 2 aromatic rings. The third kappa shape index (κ3) is 4.23. The van der Waals surface area contributed by atoms with Crippen LogP contribution in [-0.4, -0.2) is 24.3 Å². The molecule has 0 aliphatic rings. The molecule has 2 rings (SSSR count). The molecule has 0 fully saturated rings. The lowest BCUT2D eigenvalue weighted by Gasteiger charge is -2.25. The van der Waals surface area contributed by atoms with Gasteiger partial charge in [-0.3, -0.25) is 9.55 Å². The Kier molecular flexibility index (Phi) is 6.16. The Hall–Kier alpha value is -1.68. The van der Waals surface area contributed by atoms with E-state index in [0.29, 0.717) is 22.3 Å². The first-order valence-electron chi connectivity index (χ1n) is 7.93. The predicted octanol–water partition coefficient (Wildman–Crippen LogP) is 4.43.